The summed E-state index contributed by atoms with van der Waals surface area (Å²) < 4.78 is 12.7. The molecule has 0 fully saturated rings. The highest BCUT2D eigenvalue weighted by Crippen LogP contribution is 2.36. The molecule has 5 heteroatoms. The van der Waals surface area contributed by atoms with Gasteiger partial charge in [-0.25, -0.2) is 0 Å². The Morgan fingerprint density at radius 1 is 0.970 bits per heavy atom. The maximum atomic E-state index is 6.38. The van der Waals surface area contributed by atoms with Crippen LogP contribution in [0.4, 0.5) is 5.69 Å². The number of nitrogens with zero attached hydrogens (tertiary/aromatic N) is 1. The third kappa shape index (κ3) is 7.32. The number of rotatable bonds is 10. The first-order valence-electron chi connectivity index (χ1n) is 11.5. The molecule has 0 spiro atoms. The van der Waals surface area contributed by atoms with Gasteiger partial charge in [0.2, 0.25) is 0 Å². The van der Waals surface area contributed by atoms with Crippen molar-refractivity contribution in [3.8, 4) is 5.75 Å². The molecule has 0 N–H and O–H groups in total. The van der Waals surface area contributed by atoms with Crippen molar-refractivity contribution < 1.29 is 9.16 Å². The lowest BCUT2D eigenvalue weighted by molar-refractivity contribution is 0.295. The summed E-state index contributed by atoms with van der Waals surface area (Å²) in [6, 6.07) is 20.9. The van der Waals surface area contributed by atoms with Crippen LogP contribution in [0.15, 0.2) is 66.0 Å². The largest absolute Gasteiger partial charge is 0.488 e. The second-order valence-electron chi connectivity index (χ2n) is 9.88. The molecule has 0 radical (unpaired) electrons. The van der Waals surface area contributed by atoms with Crippen LogP contribution in [0.5, 0.6) is 5.75 Å². The van der Waals surface area contributed by atoms with Crippen LogP contribution in [-0.2, 0) is 11.0 Å². The Labute approximate surface area is 204 Å². The maximum Gasteiger partial charge on any atom is 0.192 e. The molecular weight excluding hydrogens is 442 g/mol. The van der Waals surface area contributed by atoms with Gasteiger partial charge < -0.3 is 14.1 Å². The second kappa shape index (κ2) is 11.2. The maximum absolute atomic E-state index is 6.38. The fraction of sp³-hybridized carbons (Fsp3) is 0.357. The van der Waals surface area contributed by atoms with E-state index >= 15 is 0 Å². The Balaban J connectivity index is 1.73. The zero-order valence-electron chi connectivity index (χ0n) is 20.8. The first kappa shape index (κ1) is 25.3. The van der Waals surface area contributed by atoms with Crippen molar-refractivity contribution in [3.63, 3.8) is 0 Å². The van der Waals surface area contributed by atoms with Crippen molar-refractivity contribution in [1.82, 2.24) is 0 Å². The molecule has 1 aromatic heterocycles. The number of anilines is 1. The van der Waals surface area contributed by atoms with Crippen LogP contribution in [0.2, 0.25) is 18.1 Å². The number of thiophene rings is 1. The van der Waals surface area contributed by atoms with Crippen LogP contribution in [0.3, 0.4) is 0 Å². The Morgan fingerprint density at radius 3 is 2.39 bits per heavy atom. The zero-order chi connectivity index (χ0) is 23.9. The van der Waals surface area contributed by atoms with Crippen LogP contribution in [0, 0.1) is 0 Å². The smallest absolute Gasteiger partial charge is 0.192 e. The van der Waals surface area contributed by atoms with Crippen molar-refractivity contribution >= 4 is 37.5 Å². The summed E-state index contributed by atoms with van der Waals surface area (Å²) in [7, 11) is 0.378. The van der Waals surface area contributed by atoms with E-state index in [0.717, 1.165) is 35.7 Å². The second-order valence-corrected chi connectivity index (χ2v) is 15.7. The molecule has 1 heterocycles. The molecule has 0 unspecified atom stereocenters. The van der Waals surface area contributed by atoms with E-state index in [-0.39, 0.29) is 5.04 Å². The molecule has 0 bridgehead atoms. The molecule has 3 rings (SSSR count). The van der Waals surface area contributed by atoms with Gasteiger partial charge >= 0.3 is 0 Å². The summed E-state index contributed by atoms with van der Waals surface area (Å²) in [6.45, 7) is 13.6. The van der Waals surface area contributed by atoms with Crippen LogP contribution < -0.4 is 9.64 Å². The SMILES string of the molecule is CN(CCO[Si](C)(C)C(C)(C)C)c1ccc(C=Cc2cccs2)c(OCc2ccccc2)c1. The van der Waals surface area contributed by atoms with Gasteiger partial charge in [0, 0.05) is 35.8 Å². The van der Waals surface area contributed by atoms with Crippen LogP contribution in [0.25, 0.3) is 12.2 Å². The number of hydrogen-bond acceptors (Lipinski definition) is 4. The third-order valence-electron chi connectivity index (χ3n) is 6.34. The van der Waals surface area contributed by atoms with Gasteiger partial charge in [0.15, 0.2) is 8.32 Å². The molecule has 2 aromatic carbocycles. The minimum Gasteiger partial charge on any atom is -0.488 e. The van der Waals surface area contributed by atoms with Gasteiger partial charge in [-0.1, -0.05) is 57.2 Å². The predicted molar refractivity (Wildman–Crippen MR) is 147 cm³/mol. The van der Waals surface area contributed by atoms with Crippen molar-refractivity contribution in [2.24, 2.45) is 0 Å². The first-order valence-corrected chi connectivity index (χ1v) is 15.3. The van der Waals surface area contributed by atoms with E-state index in [4.69, 9.17) is 9.16 Å². The molecule has 0 amide bonds. The minimum absolute atomic E-state index is 0.223. The molecule has 0 aliphatic heterocycles. The van der Waals surface area contributed by atoms with Gasteiger partial charge in [-0.15, -0.1) is 11.3 Å². The summed E-state index contributed by atoms with van der Waals surface area (Å²) in [6.07, 6.45) is 4.28. The Kier molecular flexibility index (Phi) is 8.57. The highest BCUT2D eigenvalue weighted by atomic mass is 32.1. The summed E-state index contributed by atoms with van der Waals surface area (Å²) in [5.74, 6) is 0.890. The lowest BCUT2D eigenvalue weighted by Gasteiger charge is -2.36. The van der Waals surface area contributed by atoms with E-state index in [1.165, 1.54) is 4.88 Å². The highest BCUT2D eigenvalue weighted by molar-refractivity contribution is 7.10. The topological polar surface area (TPSA) is 21.7 Å². The number of benzene rings is 2. The van der Waals surface area contributed by atoms with Crippen LogP contribution in [0.1, 0.15) is 36.8 Å². The standard InChI is InChI=1S/C28H37NO2SSi/c1-28(2,3)33(5,6)31-19-18-29(4)25-16-14-24(15-17-26-13-10-20-32-26)27(21-25)30-22-23-11-8-7-9-12-23/h7-17,20-21H,18-19,22H2,1-6H3. The molecule has 0 saturated carbocycles. The number of hydrogen-bond donors (Lipinski definition) is 0. The average Bonchev–Trinajstić information content (AvgIpc) is 3.30. The van der Waals surface area contributed by atoms with Crippen molar-refractivity contribution in [3.05, 3.63) is 82.0 Å². The molecule has 0 aliphatic carbocycles. The lowest BCUT2D eigenvalue weighted by atomic mass is 10.1. The van der Waals surface area contributed by atoms with E-state index in [9.17, 15) is 0 Å². The molecule has 3 nitrogen and oxygen atoms in total. The minimum atomic E-state index is -1.74. The summed E-state index contributed by atoms with van der Waals surface area (Å²) >= 11 is 1.73. The molecule has 0 saturated heterocycles. The van der Waals surface area contributed by atoms with Gasteiger partial charge in [-0.2, -0.15) is 0 Å². The van der Waals surface area contributed by atoms with Gasteiger partial charge in [-0.3, -0.25) is 0 Å². The van der Waals surface area contributed by atoms with Crippen molar-refractivity contribution in [1.29, 1.82) is 0 Å². The third-order valence-corrected chi connectivity index (χ3v) is 11.7. The summed E-state index contributed by atoms with van der Waals surface area (Å²) in [5.41, 5.74) is 3.37. The monoisotopic (exact) mass is 479 g/mol. The molecule has 0 aliphatic rings. The van der Waals surface area contributed by atoms with E-state index in [1.54, 1.807) is 11.3 Å². The Morgan fingerprint density at radius 2 is 1.73 bits per heavy atom. The van der Waals surface area contributed by atoms with Crippen LogP contribution >= 0.6 is 11.3 Å². The quantitative estimate of drug-likeness (QED) is 0.275. The Bertz CT molecular complexity index is 1020. The molecule has 176 valence electrons. The van der Waals surface area contributed by atoms with Crippen molar-refractivity contribution in [2.75, 3.05) is 25.1 Å². The van der Waals surface area contributed by atoms with E-state index in [1.807, 2.05) is 18.2 Å². The van der Waals surface area contributed by atoms with E-state index in [0.29, 0.717) is 6.61 Å². The average molecular weight is 480 g/mol. The van der Waals surface area contributed by atoms with E-state index in [2.05, 4.69) is 106 Å². The molecule has 33 heavy (non-hydrogen) atoms. The molecule has 3 aromatic rings. The summed E-state index contributed by atoms with van der Waals surface area (Å²) in [5, 5.41) is 2.32. The number of likely N-dealkylation sites (N-methyl/N-ethyl adjacent to an activating group) is 1. The number of ether oxygens (including phenoxy) is 1. The lowest BCUT2D eigenvalue weighted by Crippen LogP contribution is -2.42. The molecule has 0 atom stereocenters. The predicted octanol–water partition coefficient (Wildman–Crippen LogP) is 7.96. The van der Waals surface area contributed by atoms with Crippen LogP contribution in [-0.4, -0.2) is 28.5 Å². The van der Waals surface area contributed by atoms with Gasteiger partial charge in [0.25, 0.3) is 0 Å². The van der Waals surface area contributed by atoms with Gasteiger partial charge in [0.1, 0.15) is 12.4 Å². The fourth-order valence-corrected chi connectivity index (χ4v) is 4.75. The zero-order valence-corrected chi connectivity index (χ0v) is 22.6. The highest BCUT2D eigenvalue weighted by Gasteiger charge is 2.36. The first-order chi connectivity index (χ1) is 15.7. The normalized spacial score (nSPS) is 12.3. The Hall–Kier alpha value is -2.34. The van der Waals surface area contributed by atoms with Gasteiger partial charge in [-0.05, 0) is 59.4 Å². The summed E-state index contributed by atoms with van der Waals surface area (Å²) in [4.78, 5) is 3.47. The fourth-order valence-electron chi connectivity index (χ4n) is 3.10. The van der Waals surface area contributed by atoms with Crippen molar-refractivity contribution in [2.45, 2.75) is 45.5 Å². The van der Waals surface area contributed by atoms with Gasteiger partial charge in [0.05, 0.1) is 6.61 Å². The van der Waals surface area contributed by atoms with E-state index < -0.39 is 8.32 Å². The molecular formula is C28H37NO2SSi.